The van der Waals surface area contributed by atoms with E-state index in [0.29, 0.717) is 18.1 Å². The molecule has 7 nitrogen and oxygen atoms in total. The third-order valence-corrected chi connectivity index (χ3v) is 6.39. The van der Waals surface area contributed by atoms with Crippen LogP contribution in [0.3, 0.4) is 0 Å². The second-order valence-corrected chi connectivity index (χ2v) is 8.00. The first-order valence-corrected chi connectivity index (χ1v) is 10.3. The SMILES string of the molecule is CNC(=O)c1ccc(CN2C(=O)C3(COc4cc5c(cc43)CCO5)c3ccccc32)o1. The third kappa shape index (κ3) is 2.40. The summed E-state index contributed by atoms with van der Waals surface area (Å²) in [7, 11) is 1.55. The highest BCUT2D eigenvalue weighted by molar-refractivity contribution is 6.11. The average Bonchev–Trinajstić information content (AvgIpc) is 3.56. The summed E-state index contributed by atoms with van der Waals surface area (Å²) in [5.74, 6) is 1.95. The fourth-order valence-corrected chi connectivity index (χ4v) is 4.87. The zero-order valence-corrected chi connectivity index (χ0v) is 16.9. The number of fused-ring (bicyclic) bond motifs is 5. The van der Waals surface area contributed by atoms with Gasteiger partial charge in [-0.2, -0.15) is 0 Å². The zero-order chi connectivity index (χ0) is 21.2. The Bertz CT molecular complexity index is 1250. The molecule has 2 aromatic carbocycles. The Hall–Kier alpha value is -3.74. The Labute approximate surface area is 178 Å². The number of nitrogens with zero attached hydrogens (tertiary/aromatic N) is 1. The number of ether oxygens (including phenoxy) is 2. The molecule has 0 radical (unpaired) electrons. The van der Waals surface area contributed by atoms with E-state index in [1.807, 2.05) is 30.3 Å². The van der Waals surface area contributed by atoms with Crippen molar-refractivity contribution in [1.29, 1.82) is 0 Å². The fourth-order valence-electron chi connectivity index (χ4n) is 4.87. The molecule has 1 aromatic heterocycles. The minimum atomic E-state index is -0.889. The first-order chi connectivity index (χ1) is 15.1. The highest BCUT2D eigenvalue weighted by Crippen LogP contribution is 2.54. The average molecular weight is 416 g/mol. The molecule has 6 rings (SSSR count). The molecule has 1 spiro atoms. The molecular weight excluding hydrogens is 396 g/mol. The number of hydrogen-bond acceptors (Lipinski definition) is 5. The summed E-state index contributed by atoms with van der Waals surface area (Å²) in [5, 5.41) is 2.54. The summed E-state index contributed by atoms with van der Waals surface area (Å²) >= 11 is 0. The van der Waals surface area contributed by atoms with Gasteiger partial charge in [-0.3, -0.25) is 9.59 Å². The highest BCUT2D eigenvalue weighted by atomic mass is 16.5. The van der Waals surface area contributed by atoms with Crippen LogP contribution in [0.2, 0.25) is 0 Å². The number of rotatable bonds is 3. The van der Waals surface area contributed by atoms with Gasteiger partial charge in [0.25, 0.3) is 5.91 Å². The number of nitrogens with one attached hydrogen (secondary N) is 1. The first kappa shape index (κ1) is 18.1. The smallest absolute Gasteiger partial charge is 0.286 e. The Morgan fingerprint density at radius 1 is 1.10 bits per heavy atom. The van der Waals surface area contributed by atoms with E-state index in [4.69, 9.17) is 13.9 Å². The number of amides is 2. The molecule has 31 heavy (non-hydrogen) atoms. The number of benzene rings is 2. The lowest BCUT2D eigenvalue weighted by molar-refractivity contribution is -0.122. The molecule has 3 aromatic rings. The van der Waals surface area contributed by atoms with E-state index in [2.05, 4.69) is 11.4 Å². The molecule has 156 valence electrons. The van der Waals surface area contributed by atoms with E-state index in [9.17, 15) is 9.59 Å². The molecule has 2 amide bonds. The molecule has 1 atom stereocenters. The predicted octanol–water partition coefficient (Wildman–Crippen LogP) is 2.80. The highest BCUT2D eigenvalue weighted by Gasteiger charge is 2.57. The topological polar surface area (TPSA) is 81.0 Å². The van der Waals surface area contributed by atoms with Gasteiger partial charge >= 0.3 is 0 Å². The van der Waals surface area contributed by atoms with Gasteiger partial charge in [-0.05, 0) is 35.4 Å². The summed E-state index contributed by atoms with van der Waals surface area (Å²) < 4.78 is 17.4. The van der Waals surface area contributed by atoms with Crippen molar-refractivity contribution in [2.24, 2.45) is 0 Å². The van der Waals surface area contributed by atoms with E-state index in [-0.39, 0.29) is 30.7 Å². The van der Waals surface area contributed by atoms with E-state index in [1.165, 1.54) is 0 Å². The van der Waals surface area contributed by atoms with Gasteiger partial charge in [0.05, 0.1) is 13.2 Å². The largest absolute Gasteiger partial charge is 0.493 e. The molecule has 3 aliphatic heterocycles. The lowest BCUT2D eigenvalue weighted by Gasteiger charge is -2.23. The normalized spacial score (nSPS) is 20.3. The van der Waals surface area contributed by atoms with Crippen molar-refractivity contribution in [2.75, 3.05) is 25.2 Å². The van der Waals surface area contributed by atoms with Crippen LogP contribution < -0.4 is 19.7 Å². The van der Waals surface area contributed by atoms with Crippen LogP contribution in [0.15, 0.2) is 52.9 Å². The maximum Gasteiger partial charge on any atom is 0.286 e. The van der Waals surface area contributed by atoms with Crippen molar-refractivity contribution in [3.05, 3.63) is 76.7 Å². The quantitative estimate of drug-likeness (QED) is 0.710. The second kappa shape index (κ2) is 6.38. The summed E-state index contributed by atoms with van der Waals surface area (Å²) in [6.45, 7) is 1.13. The van der Waals surface area contributed by atoms with Crippen LogP contribution in [0.4, 0.5) is 5.69 Å². The van der Waals surface area contributed by atoms with E-state index in [0.717, 1.165) is 34.5 Å². The maximum absolute atomic E-state index is 13.9. The molecule has 0 fully saturated rings. The van der Waals surface area contributed by atoms with Gasteiger partial charge in [0.15, 0.2) is 5.76 Å². The number of hydrogen-bond donors (Lipinski definition) is 1. The van der Waals surface area contributed by atoms with Crippen LogP contribution in [-0.4, -0.2) is 32.1 Å². The number of carbonyl (C=O) groups is 2. The van der Waals surface area contributed by atoms with Gasteiger partial charge in [0.2, 0.25) is 5.91 Å². The zero-order valence-electron chi connectivity index (χ0n) is 16.9. The van der Waals surface area contributed by atoms with Crippen LogP contribution in [0.5, 0.6) is 11.5 Å². The van der Waals surface area contributed by atoms with Crippen molar-refractivity contribution >= 4 is 17.5 Å². The maximum atomic E-state index is 13.9. The van der Waals surface area contributed by atoms with Crippen molar-refractivity contribution in [2.45, 2.75) is 18.4 Å². The number of carbonyl (C=O) groups excluding carboxylic acids is 2. The Morgan fingerprint density at radius 2 is 1.97 bits per heavy atom. The molecule has 3 aliphatic rings. The van der Waals surface area contributed by atoms with Crippen LogP contribution in [0.25, 0.3) is 0 Å². The van der Waals surface area contributed by atoms with Crippen LogP contribution in [0, 0.1) is 0 Å². The molecule has 0 saturated carbocycles. The van der Waals surface area contributed by atoms with Gasteiger partial charge in [-0.25, -0.2) is 0 Å². The third-order valence-electron chi connectivity index (χ3n) is 6.39. The van der Waals surface area contributed by atoms with Crippen molar-refractivity contribution < 1.29 is 23.5 Å². The molecule has 0 bridgehead atoms. The minimum Gasteiger partial charge on any atom is -0.493 e. The summed E-state index contributed by atoms with van der Waals surface area (Å²) in [6, 6.07) is 15.1. The lowest BCUT2D eigenvalue weighted by Crippen LogP contribution is -2.42. The predicted molar refractivity (Wildman–Crippen MR) is 112 cm³/mol. The van der Waals surface area contributed by atoms with Gasteiger partial charge in [0, 0.05) is 30.8 Å². The van der Waals surface area contributed by atoms with Crippen LogP contribution >= 0.6 is 0 Å². The lowest BCUT2D eigenvalue weighted by atomic mass is 9.76. The molecular formula is C24H20N2O5. The molecule has 7 heteroatoms. The Balaban J connectivity index is 1.44. The number of furan rings is 1. The summed E-state index contributed by atoms with van der Waals surface area (Å²) in [6.07, 6.45) is 0.826. The minimum absolute atomic E-state index is 0.0517. The van der Waals surface area contributed by atoms with Crippen LogP contribution in [0.1, 0.15) is 33.0 Å². The monoisotopic (exact) mass is 416 g/mol. The molecule has 0 saturated heterocycles. The molecule has 4 heterocycles. The molecule has 1 unspecified atom stereocenters. The molecule has 0 aliphatic carbocycles. The molecule has 1 N–H and O–H groups in total. The van der Waals surface area contributed by atoms with Crippen LogP contribution in [-0.2, 0) is 23.2 Å². The van der Waals surface area contributed by atoms with Gasteiger partial charge in [-0.1, -0.05) is 18.2 Å². The van der Waals surface area contributed by atoms with Gasteiger partial charge in [0.1, 0.15) is 29.3 Å². The van der Waals surface area contributed by atoms with E-state index < -0.39 is 5.41 Å². The van der Waals surface area contributed by atoms with Crippen molar-refractivity contribution in [1.82, 2.24) is 5.32 Å². The second-order valence-electron chi connectivity index (χ2n) is 8.00. The summed E-state index contributed by atoms with van der Waals surface area (Å²) in [4.78, 5) is 27.5. The van der Waals surface area contributed by atoms with E-state index in [1.54, 1.807) is 24.1 Å². The Morgan fingerprint density at radius 3 is 2.84 bits per heavy atom. The Kier molecular flexibility index (Phi) is 3.72. The fraction of sp³-hybridized carbons (Fsp3) is 0.250. The van der Waals surface area contributed by atoms with Gasteiger partial charge < -0.3 is 24.1 Å². The van der Waals surface area contributed by atoms with Crippen molar-refractivity contribution in [3.8, 4) is 11.5 Å². The van der Waals surface area contributed by atoms with E-state index >= 15 is 0 Å². The number of para-hydroxylation sites is 1. The summed E-state index contributed by atoms with van der Waals surface area (Å²) in [5.41, 5.74) is 2.87. The number of anilines is 1. The first-order valence-electron chi connectivity index (χ1n) is 10.3. The standard InChI is InChI=1S/C24H20N2O5/c1-25-22(27)19-7-6-15(31-19)12-26-18-5-3-2-4-16(18)24(23(26)28)13-30-21-11-20-14(8-9-29-20)10-17(21)24/h2-7,10-11H,8-9,12-13H2,1H3,(H,25,27). The van der Waals surface area contributed by atoms with Gasteiger partial charge in [-0.15, -0.1) is 0 Å². The van der Waals surface area contributed by atoms with Crippen molar-refractivity contribution in [3.63, 3.8) is 0 Å².